The summed E-state index contributed by atoms with van der Waals surface area (Å²) < 4.78 is 0. The summed E-state index contributed by atoms with van der Waals surface area (Å²) in [7, 11) is 3.44. The van der Waals surface area contributed by atoms with Crippen LogP contribution in [0.2, 0.25) is 5.02 Å². The average molecular weight is 428 g/mol. The molecule has 0 saturated heterocycles. The van der Waals surface area contributed by atoms with E-state index in [2.05, 4.69) is 4.98 Å². The summed E-state index contributed by atoms with van der Waals surface area (Å²) >= 11 is 7.37. The van der Waals surface area contributed by atoms with Crippen molar-refractivity contribution in [1.29, 1.82) is 0 Å². The first-order valence-corrected chi connectivity index (χ1v) is 10.5. The van der Waals surface area contributed by atoms with E-state index < -0.39 is 0 Å². The number of rotatable bonds is 6. The van der Waals surface area contributed by atoms with Gasteiger partial charge in [-0.1, -0.05) is 35.9 Å². The van der Waals surface area contributed by atoms with Crippen LogP contribution in [0.3, 0.4) is 0 Å². The molecule has 3 rings (SSSR count). The zero-order valence-electron chi connectivity index (χ0n) is 16.6. The van der Waals surface area contributed by atoms with Gasteiger partial charge in [-0.15, -0.1) is 11.3 Å². The highest BCUT2D eigenvalue weighted by Gasteiger charge is 2.18. The fourth-order valence-electron chi connectivity index (χ4n) is 2.82. The molecular weight excluding hydrogens is 406 g/mol. The predicted octanol–water partition coefficient (Wildman–Crippen LogP) is 4.83. The van der Waals surface area contributed by atoms with E-state index in [4.69, 9.17) is 11.6 Å². The fourth-order valence-corrected chi connectivity index (χ4v) is 3.74. The van der Waals surface area contributed by atoms with Crippen LogP contribution in [0.5, 0.6) is 0 Å². The molecule has 0 fully saturated rings. The largest absolute Gasteiger partial charge is 0.345 e. The van der Waals surface area contributed by atoms with Crippen LogP contribution in [0.1, 0.15) is 33.3 Å². The van der Waals surface area contributed by atoms with Gasteiger partial charge in [0.15, 0.2) is 0 Å². The summed E-state index contributed by atoms with van der Waals surface area (Å²) in [6, 6.07) is 14.7. The second-order valence-electron chi connectivity index (χ2n) is 6.76. The third-order valence-corrected chi connectivity index (χ3v) is 5.61. The molecule has 1 aromatic heterocycles. The number of nitrogens with zero attached hydrogens (tertiary/aromatic N) is 3. The summed E-state index contributed by atoms with van der Waals surface area (Å²) in [5.74, 6) is -0.158. The van der Waals surface area contributed by atoms with Gasteiger partial charge in [0.05, 0.1) is 0 Å². The molecule has 0 aliphatic carbocycles. The summed E-state index contributed by atoms with van der Waals surface area (Å²) in [6.45, 7) is 2.96. The lowest BCUT2D eigenvalue weighted by molar-refractivity contribution is 0.0746. The first-order valence-electron chi connectivity index (χ1n) is 9.20. The standard InChI is InChI=1S/C22H22ClN3O2S/c1-4-26(13-15-5-7-17(8-6-15)21(27)25(2)3)22(28)19-14-29-20(24-19)16-9-11-18(23)12-10-16/h5-12,14H,4,13H2,1-3H3. The minimum Gasteiger partial charge on any atom is -0.345 e. The Morgan fingerprint density at radius 3 is 2.24 bits per heavy atom. The number of amides is 2. The van der Waals surface area contributed by atoms with Crippen molar-refractivity contribution in [2.24, 2.45) is 0 Å². The maximum Gasteiger partial charge on any atom is 0.273 e. The van der Waals surface area contributed by atoms with E-state index in [1.54, 1.807) is 36.5 Å². The molecule has 1 heterocycles. The molecule has 0 bridgehead atoms. The molecule has 0 unspecified atom stereocenters. The quantitative estimate of drug-likeness (QED) is 0.566. The molecule has 5 nitrogen and oxygen atoms in total. The Morgan fingerprint density at radius 1 is 1.00 bits per heavy atom. The maximum absolute atomic E-state index is 12.9. The van der Waals surface area contributed by atoms with Crippen LogP contribution in [0.4, 0.5) is 0 Å². The van der Waals surface area contributed by atoms with Crippen molar-refractivity contribution in [2.75, 3.05) is 20.6 Å². The number of halogens is 1. The van der Waals surface area contributed by atoms with Gasteiger partial charge in [-0.05, 0) is 36.8 Å². The molecule has 0 radical (unpaired) electrons. The van der Waals surface area contributed by atoms with E-state index in [-0.39, 0.29) is 11.8 Å². The fraction of sp³-hybridized carbons (Fsp3) is 0.227. The van der Waals surface area contributed by atoms with Crippen molar-refractivity contribution in [2.45, 2.75) is 13.5 Å². The minimum atomic E-state index is -0.114. The van der Waals surface area contributed by atoms with Crippen LogP contribution in [-0.2, 0) is 6.54 Å². The molecule has 0 N–H and O–H groups in total. The monoisotopic (exact) mass is 427 g/mol. The van der Waals surface area contributed by atoms with E-state index in [0.29, 0.717) is 29.4 Å². The summed E-state index contributed by atoms with van der Waals surface area (Å²) in [5.41, 5.74) is 2.95. The maximum atomic E-state index is 12.9. The van der Waals surface area contributed by atoms with Crippen LogP contribution in [0, 0.1) is 0 Å². The van der Waals surface area contributed by atoms with Gasteiger partial charge >= 0.3 is 0 Å². The number of benzene rings is 2. The highest BCUT2D eigenvalue weighted by atomic mass is 35.5. The summed E-state index contributed by atoms with van der Waals surface area (Å²) in [4.78, 5) is 32.7. The Hall–Kier alpha value is -2.70. The molecule has 0 aliphatic rings. The lowest BCUT2D eigenvalue weighted by atomic mass is 10.1. The normalized spacial score (nSPS) is 10.6. The van der Waals surface area contributed by atoms with Crippen LogP contribution in [0.25, 0.3) is 10.6 Å². The number of hydrogen-bond acceptors (Lipinski definition) is 4. The van der Waals surface area contributed by atoms with Crippen molar-refractivity contribution in [3.05, 3.63) is 75.8 Å². The molecule has 2 aromatic carbocycles. The van der Waals surface area contributed by atoms with Gasteiger partial charge in [-0.2, -0.15) is 0 Å². The molecule has 7 heteroatoms. The first kappa shape index (κ1) is 21.0. The van der Waals surface area contributed by atoms with Crippen LogP contribution < -0.4 is 0 Å². The Bertz CT molecular complexity index is 998. The van der Waals surface area contributed by atoms with E-state index in [0.717, 1.165) is 16.1 Å². The Morgan fingerprint density at radius 2 is 1.66 bits per heavy atom. The smallest absolute Gasteiger partial charge is 0.273 e. The van der Waals surface area contributed by atoms with Crippen molar-refractivity contribution < 1.29 is 9.59 Å². The highest BCUT2D eigenvalue weighted by molar-refractivity contribution is 7.13. The number of carbonyl (C=O) groups is 2. The van der Waals surface area contributed by atoms with Crippen LogP contribution in [-0.4, -0.2) is 47.2 Å². The summed E-state index contributed by atoms with van der Waals surface area (Å²) in [6.07, 6.45) is 0. The van der Waals surface area contributed by atoms with Gasteiger partial charge in [-0.3, -0.25) is 9.59 Å². The number of aromatic nitrogens is 1. The molecule has 0 aliphatic heterocycles. The molecule has 0 spiro atoms. The van der Waals surface area contributed by atoms with Crippen molar-refractivity contribution in [1.82, 2.24) is 14.8 Å². The second kappa shape index (κ2) is 9.20. The van der Waals surface area contributed by atoms with E-state index in [9.17, 15) is 9.59 Å². The van der Waals surface area contributed by atoms with Crippen molar-refractivity contribution >= 4 is 34.8 Å². The Kier molecular flexibility index (Phi) is 6.67. The van der Waals surface area contributed by atoms with Crippen LogP contribution >= 0.6 is 22.9 Å². The van der Waals surface area contributed by atoms with Gasteiger partial charge in [0, 0.05) is 48.7 Å². The zero-order chi connectivity index (χ0) is 21.0. The average Bonchev–Trinajstić information content (AvgIpc) is 3.22. The number of hydrogen-bond donors (Lipinski definition) is 0. The minimum absolute atomic E-state index is 0.0443. The Balaban J connectivity index is 1.72. The van der Waals surface area contributed by atoms with Gasteiger partial charge in [0.25, 0.3) is 11.8 Å². The van der Waals surface area contributed by atoms with E-state index >= 15 is 0 Å². The third kappa shape index (κ3) is 5.02. The van der Waals surface area contributed by atoms with E-state index in [1.807, 2.05) is 43.3 Å². The van der Waals surface area contributed by atoms with Crippen LogP contribution in [0.15, 0.2) is 53.9 Å². The molecule has 0 saturated carbocycles. The third-order valence-electron chi connectivity index (χ3n) is 4.46. The van der Waals surface area contributed by atoms with Gasteiger partial charge in [-0.25, -0.2) is 4.98 Å². The number of thiazole rings is 1. The topological polar surface area (TPSA) is 53.5 Å². The first-order chi connectivity index (χ1) is 13.9. The zero-order valence-corrected chi connectivity index (χ0v) is 18.1. The lowest BCUT2D eigenvalue weighted by Crippen LogP contribution is -2.30. The van der Waals surface area contributed by atoms with Gasteiger partial charge in [0.1, 0.15) is 10.7 Å². The molecule has 3 aromatic rings. The predicted molar refractivity (Wildman–Crippen MR) is 117 cm³/mol. The van der Waals surface area contributed by atoms with Crippen molar-refractivity contribution in [3.63, 3.8) is 0 Å². The molecule has 2 amide bonds. The molecule has 29 heavy (non-hydrogen) atoms. The van der Waals surface area contributed by atoms with Gasteiger partial charge in [0.2, 0.25) is 0 Å². The molecule has 150 valence electrons. The second-order valence-corrected chi connectivity index (χ2v) is 8.06. The van der Waals surface area contributed by atoms with Gasteiger partial charge < -0.3 is 9.80 Å². The summed E-state index contributed by atoms with van der Waals surface area (Å²) in [5, 5.41) is 3.23. The SMILES string of the molecule is CCN(Cc1ccc(C(=O)N(C)C)cc1)C(=O)c1csc(-c2ccc(Cl)cc2)n1. The van der Waals surface area contributed by atoms with Crippen molar-refractivity contribution in [3.8, 4) is 10.6 Å². The molecule has 0 atom stereocenters. The number of carbonyl (C=O) groups excluding carboxylic acids is 2. The highest BCUT2D eigenvalue weighted by Crippen LogP contribution is 2.26. The van der Waals surface area contributed by atoms with E-state index in [1.165, 1.54) is 16.2 Å². The Labute approximate surface area is 179 Å². The lowest BCUT2D eigenvalue weighted by Gasteiger charge is -2.20. The molecular formula is C22H22ClN3O2S.